The predicted octanol–water partition coefficient (Wildman–Crippen LogP) is 3.14. The average Bonchev–Trinajstić information content (AvgIpc) is 2.58. The number of hydrogen-bond donors (Lipinski definition) is 1. The monoisotopic (exact) mass is 364 g/mol. The lowest BCUT2D eigenvalue weighted by molar-refractivity contribution is 0.109. The predicted molar refractivity (Wildman–Crippen MR) is 103 cm³/mol. The molecule has 25 heavy (non-hydrogen) atoms. The maximum Gasteiger partial charge on any atom is 0.321 e. The highest BCUT2D eigenvalue weighted by molar-refractivity contribution is 6.30. The van der Waals surface area contributed by atoms with E-state index in [0.29, 0.717) is 5.02 Å². The first-order valence-electron chi connectivity index (χ1n) is 9.24. The Balaban J connectivity index is 1.46. The number of likely N-dealkylation sites (tertiary alicyclic amines) is 1. The standard InChI is InChI=1S/C19H29ClN4O/c1-15-12-17(20)5-6-18(15)21-19(25)24-10-8-23(9-11-24)14-16-4-3-7-22(2)13-16/h5-6,12,16H,3-4,7-11,13-14H2,1-2H3,(H,21,25). The minimum atomic E-state index is -0.0116. The normalized spacial score (nSPS) is 22.8. The van der Waals surface area contributed by atoms with Crippen LogP contribution in [0, 0.1) is 12.8 Å². The van der Waals surface area contributed by atoms with E-state index in [1.54, 1.807) is 0 Å². The summed E-state index contributed by atoms with van der Waals surface area (Å²) in [5.41, 5.74) is 1.82. The molecule has 6 heteroatoms. The number of carbonyl (C=O) groups is 1. The molecule has 1 unspecified atom stereocenters. The molecule has 2 fully saturated rings. The quantitative estimate of drug-likeness (QED) is 0.895. The fraction of sp³-hybridized carbons (Fsp3) is 0.632. The lowest BCUT2D eigenvalue weighted by Crippen LogP contribution is -2.51. The van der Waals surface area contributed by atoms with Crippen molar-refractivity contribution in [1.29, 1.82) is 0 Å². The Bertz CT molecular complexity index is 601. The summed E-state index contributed by atoms with van der Waals surface area (Å²) in [5, 5.41) is 3.70. The number of anilines is 1. The molecule has 0 bridgehead atoms. The summed E-state index contributed by atoms with van der Waals surface area (Å²) < 4.78 is 0. The van der Waals surface area contributed by atoms with Crippen molar-refractivity contribution in [2.24, 2.45) is 5.92 Å². The topological polar surface area (TPSA) is 38.8 Å². The number of piperidine rings is 1. The Morgan fingerprint density at radius 2 is 2.00 bits per heavy atom. The molecule has 0 radical (unpaired) electrons. The van der Waals surface area contributed by atoms with Gasteiger partial charge in [-0.05, 0) is 63.0 Å². The molecule has 3 rings (SSSR count). The molecule has 5 nitrogen and oxygen atoms in total. The van der Waals surface area contributed by atoms with Gasteiger partial charge in [0.1, 0.15) is 0 Å². The van der Waals surface area contributed by atoms with Crippen LogP contribution in [-0.4, -0.2) is 73.6 Å². The third kappa shape index (κ3) is 5.09. The molecule has 138 valence electrons. The molecule has 0 spiro atoms. The zero-order valence-corrected chi connectivity index (χ0v) is 16.1. The number of halogens is 1. The zero-order valence-electron chi connectivity index (χ0n) is 15.3. The highest BCUT2D eigenvalue weighted by Crippen LogP contribution is 2.21. The summed E-state index contributed by atoms with van der Waals surface area (Å²) in [6.45, 7) is 9.07. The van der Waals surface area contributed by atoms with Crippen LogP contribution in [0.1, 0.15) is 18.4 Å². The van der Waals surface area contributed by atoms with Crippen LogP contribution in [0.25, 0.3) is 0 Å². The summed E-state index contributed by atoms with van der Waals surface area (Å²) >= 11 is 5.98. The van der Waals surface area contributed by atoms with Crippen molar-refractivity contribution in [2.45, 2.75) is 19.8 Å². The van der Waals surface area contributed by atoms with Crippen LogP contribution in [0.4, 0.5) is 10.5 Å². The van der Waals surface area contributed by atoms with Crippen molar-refractivity contribution in [2.75, 3.05) is 58.2 Å². The molecule has 2 saturated heterocycles. The first-order chi connectivity index (χ1) is 12.0. The lowest BCUT2D eigenvalue weighted by atomic mass is 9.97. The number of amides is 2. The molecule has 1 aromatic carbocycles. The number of aryl methyl sites for hydroxylation is 1. The Kier molecular flexibility index (Phi) is 6.20. The number of benzene rings is 1. The Hall–Kier alpha value is -1.30. The van der Waals surface area contributed by atoms with Gasteiger partial charge in [-0.1, -0.05) is 11.6 Å². The highest BCUT2D eigenvalue weighted by Gasteiger charge is 2.25. The van der Waals surface area contributed by atoms with E-state index in [9.17, 15) is 4.79 Å². The van der Waals surface area contributed by atoms with E-state index in [0.717, 1.165) is 49.9 Å². The zero-order chi connectivity index (χ0) is 17.8. The van der Waals surface area contributed by atoms with Crippen LogP contribution < -0.4 is 5.32 Å². The van der Waals surface area contributed by atoms with Gasteiger partial charge >= 0.3 is 6.03 Å². The van der Waals surface area contributed by atoms with Crippen molar-refractivity contribution in [1.82, 2.24) is 14.7 Å². The third-order valence-electron chi connectivity index (χ3n) is 5.33. The van der Waals surface area contributed by atoms with Crippen LogP contribution in [0.5, 0.6) is 0 Å². The number of carbonyl (C=O) groups excluding carboxylic acids is 1. The van der Waals surface area contributed by atoms with Crippen molar-refractivity contribution < 1.29 is 4.79 Å². The minimum Gasteiger partial charge on any atom is -0.322 e. The summed E-state index contributed by atoms with van der Waals surface area (Å²) in [5.74, 6) is 0.774. The molecule has 0 saturated carbocycles. The van der Waals surface area contributed by atoms with Crippen molar-refractivity contribution in [3.8, 4) is 0 Å². The van der Waals surface area contributed by atoms with Gasteiger partial charge in [-0.15, -0.1) is 0 Å². The smallest absolute Gasteiger partial charge is 0.321 e. The minimum absolute atomic E-state index is 0.0116. The van der Waals surface area contributed by atoms with Gasteiger partial charge in [0.15, 0.2) is 0 Å². The second-order valence-electron chi connectivity index (χ2n) is 7.45. The average molecular weight is 365 g/mol. The maximum absolute atomic E-state index is 12.5. The second kappa shape index (κ2) is 8.39. The number of nitrogens with one attached hydrogen (secondary N) is 1. The van der Waals surface area contributed by atoms with Gasteiger partial charge < -0.3 is 15.1 Å². The molecule has 1 aromatic rings. The molecule has 2 heterocycles. The number of nitrogens with zero attached hydrogens (tertiary/aromatic N) is 3. The van der Waals surface area contributed by atoms with E-state index < -0.39 is 0 Å². The van der Waals surface area contributed by atoms with Gasteiger partial charge in [0.25, 0.3) is 0 Å². The van der Waals surface area contributed by atoms with Gasteiger partial charge in [0, 0.05) is 50.0 Å². The summed E-state index contributed by atoms with van der Waals surface area (Å²) in [6, 6.07) is 5.54. The number of piperazine rings is 1. The van der Waals surface area contributed by atoms with E-state index >= 15 is 0 Å². The second-order valence-corrected chi connectivity index (χ2v) is 7.88. The Morgan fingerprint density at radius 3 is 2.68 bits per heavy atom. The van der Waals surface area contributed by atoms with Crippen molar-refractivity contribution in [3.63, 3.8) is 0 Å². The molecule has 0 aliphatic carbocycles. The Labute approximate surface area is 155 Å². The fourth-order valence-electron chi connectivity index (χ4n) is 3.88. The molecule has 1 N–H and O–H groups in total. The first-order valence-corrected chi connectivity index (χ1v) is 9.62. The van der Waals surface area contributed by atoms with Crippen LogP contribution in [0.15, 0.2) is 18.2 Å². The van der Waals surface area contributed by atoms with E-state index in [1.165, 1.54) is 25.9 Å². The van der Waals surface area contributed by atoms with E-state index in [1.807, 2.05) is 30.0 Å². The van der Waals surface area contributed by atoms with Gasteiger partial charge in [-0.25, -0.2) is 4.79 Å². The largest absolute Gasteiger partial charge is 0.322 e. The van der Waals surface area contributed by atoms with E-state index in [-0.39, 0.29) is 6.03 Å². The van der Waals surface area contributed by atoms with Crippen molar-refractivity contribution in [3.05, 3.63) is 28.8 Å². The fourth-order valence-corrected chi connectivity index (χ4v) is 4.11. The van der Waals surface area contributed by atoms with Gasteiger partial charge in [0.05, 0.1) is 0 Å². The molecule has 2 amide bonds. The van der Waals surface area contributed by atoms with E-state index in [2.05, 4.69) is 22.2 Å². The molecular formula is C19H29ClN4O. The van der Waals surface area contributed by atoms with Crippen LogP contribution in [0.3, 0.4) is 0 Å². The number of hydrogen-bond acceptors (Lipinski definition) is 3. The van der Waals surface area contributed by atoms with Gasteiger partial charge in [-0.3, -0.25) is 4.90 Å². The summed E-state index contributed by atoms with van der Waals surface area (Å²) in [4.78, 5) is 19.4. The van der Waals surface area contributed by atoms with Crippen molar-refractivity contribution >= 4 is 23.3 Å². The first kappa shape index (κ1) is 18.5. The molecule has 2 aliphatic rings. The summed E-state index contributed by atoms with van der Waals surface area (Å²) in [6.07, 6.45) is 2.64. The van der Waals surface area contributed by atoms with Gasteiger partial charge in [0.2, 0.25) is 0 Å². The maximum atomic E-state index is 12.5. The third-order valence-corrected chi connectivity index (χ3v) is 5.56. The van der Waals surface area contributed by atoms with Gasteiger partial charge in [-0.2, -0.15) is 0 Å². The van der Waals surface area contributed by atoms with E-state index in [4.69, 9.17) is 11.6 Å². The lowest BCUT2D eigenvalue weighted by Gasteiger charge is -2.38. The van der Waals surface area contributed by atoms with Crippen LogP contribution >= 0.6 is 11.6 Å². The molecule has 2 aliphatic heterocycles. The molecular weight excluding hydrogens is 336 g/mol. The number of rotatable bonds is 3. The highest BCUT2D eigenvalue weighted by atomic mass is 35.5. The Morgan fingerprint density at radius 1 is 1.24 bits per heavy atom. The SMILES string of the molecule is Cc1cc(Cl)ccc1NC(=O)N1CCN(CC2CCCN(C)C2)CC1. The molecule has 0 aromatic heterocycles. The number of urea groups is 1. The molecule has 1 atom stereocenters. The summed E-state index contributed by atoms with van der Waals surface area (Å²) in [7, 11) is 2.22. The van der Waals surface area contributed by atoms with Crippen LogP contribution in [-0.2, 0) is 0 Å². The van der Waals surface area contributed by atoms with Crippen LogP contribution in [0.2, 0.25) is 5.02 Å².